The summed E-state index contributed by atoms with van der Waals surface area (Å²) in [6, 6.07) is 9.97. The van der Waals surface area contributed by atoms with Crippen molar-refractivity contribution >= 4 is 17.2 Å². The van der Waals surface area contributed by atoms with Crippen molar-refractivity contribution in [1.82, 2.24) is 28.9 Å². The maximum Gasteiger partial charge on any atom is 0.338 e. The molecule has 9 heteroatoms. The Morgan fingerprint density at radius 1 is 1.13 bits per heavy atom. The molecule has 3 heterocycles. The van der Waals surface area contributed by atoms with Crippen molar-refractivity contribution in [3.05, 3.63) is 63.1 Å². The van der Waals surface area contributed by atoms with Gasteiger partial charge in [-0.15, -0.1) is 0 Å². The van der Waals surface area contributed by atoms with Gasteiger partial charge in [-0.3, -0.25) is 14.7 Å². The van der Waals surface area contributed by atoms with Crippen LogP contribution in [0.2, 0.25) is 0 Å². The Hall–Kier alpha value is -3.20. The minimum Gasteiger partial charge on any atom is -0.324 e. The van der Waals surface area contributed by atoms with Crippen molar-refractivity contribution in [2.24, 2.45) is 0 Å². The van der Waals surface area contributed by atoms with Gasteiger partial charge in [0.25, 0.3) is 5.56 Å². The van der Waals surface area contributed by atoms with E-state index in [4.69, 9.17) is 0 Å². The Morgan fingerprint density at radius 2 is 1.81 bits per heavy atom. The molecule has 4 rings (SSSR count). The highest BCUT2D eigenvalue weighted by Crippen LogP contribution is 2.26. The van der Waals surface area contributed by atoms with Crippen LogP contribution < -0.4 is 11.2 Å². The average molecular weight is 425 g/mol. The summed E-state index contributed by atoms with van der Waals surface area (Å²) in [5, 5.41) is 0. The van der Waals surface area contributed by atoms with E-state index in [9.17, 15) is 14.4 Å². The van der Waals surface area contributed by atoms with Crippen LogP contribution in [0, 0.1) is 0 Å². The smallest absolute Gasteiger partial charge is 0.324 e. The van der Waals surface area contributed by atoms with E-state index < -0.39 is 17.3 Å². The second kappa shape index (κ2) is 8.89. The van der Waals surface area contributed by atoms with E-state index in [1.807, 2.05) is 36.6 Å². The number of piperidine rings is 1. The number of nitrogens with one attached hydrogen (secondary N) is 1. The minimum absolute atomic E-state index is 0.0639. The van der Waals surface area contributed by atoms with Gasteiger partial charge in [-0.25, -0.2) is 14.6 Å². The van der Waals surface area contributed by atoms with Gasteiger partial charge in [0.05, 0.1) is 6.33 Å². The Morgan fingerprint density at radius 3 is 2.45 bits per heavy atom. The van der Waals surface area contributed by atoms with Crippen molar-refractivity contribution in [3.63, 3.8) is 0 Å². The standard InChI is InChI=1S/C22H28N6O3/c1-3-26(4-2)22(31)28-20-18(19(29)24-21(28)30)23-15-27(20)17-10-12-25(13-11-17)14-16-8-6-5-7-9-16/h5-9,15,17H,3-4,10-14H2,1-2H3,(H,24,29,30). The zero-order valence-corrected chi connectivity index (χ0v) is 18.0. The van der Waals surface area contributed by atoms with Crippen molar-refractivity contribution in [2.45, 2.75) is 39.3 Å². The molecular formula is C22H28N6O3. The third-order valence-corrected chi connectivity index (χ3v) is 6.04. The molecule has 31 heavy (non-hydrogen) atoms. The van der Waals surface area contributed by atoms with Gasteiger partial charge < -0.3 is 9.47 Å². The number of hydrogen-bond donors (Lipinski definition) is 1. The first kappa shape index (κ1) is 21.0. The number of aromatic amines is 1. The zero-order chi connectivity index (χ0) is 22.0. The average Bonchev–Trinajstić information content (AvgIpc) is 3.21. The fourth-order valence-electron chi connectivity index (χ4n) is 4.32. The minimum atomic E-state index is -0.724. The Labute approximate surface area is 179 Å². The number of hydrogen-bond acceptors (Lipinski definition) is 5. The van der Waals surface area contributed by atoms with Crippen LogP contribution in [-0.2, 0) is 6.54 Å². The molecule has 0 radical (unpaired) electrons. The second-order valence-electron chi connectivity index (χ2n) is 7.87. The lowest BCUT2D eigenvalue weighted by Crippen LogP contribution is -2.43. The number of rotatable bonds is 5. The molecule has 0 unspecified atom stereocenters. The molecule has 1 saturated heterocycles. The van der Waals surface area contributed by atoms with Gasteiger partial charge in [0.1, 0.15) is 0 Å². The molecule has 0 aliphatic carbocycles. The van der Waals surface area contributed by atoms with Crippen molar-refractivity contribution in [3.8, 4) is 0 Å². The summed E-state index contributed by atoms with van der Waals surface area (Å²) in [6.45, 7) is 7.31. The van der Waals surface area contributed by atoms with Gasteiger partial charge >= 0.3 is 11.7 Å². The van der Waals surface area contributed by atoms with Crippen LogP contribution >= 0.6 is 0 Å². The lowest BCUT2D eigenvalue weighted by molar-refractivity contribution is 0.180. The summed E-state index contributed by atoms with van der Waals surface area (Å²) in [5.74, 6) is 0. The SMILES string of the molecule is CCN(CC)C(=O)n1c(=O)[nH]c(=O)c2ncn(C3CCN(Cc4ccccc4)CC3)c21. The number of fused-ring (bicyclic) bond motifs is 1. The van der Waals surface area contributed by atoms with Crippen molar-refractivity contribution in [1.29, 1.82) is 0 Å². The molecule has 1 aliphatic rings. The number of likely N-dealkylation sites (tertiary alicyclic amines) is 1. The third-order valence-electron chi connectivity index (χ3n) is 6.04. The van der Waals surface area contributed by atoms with Crippen LogP contribution in [0.4, 0.5) is 4.79 Å². The second-order valence-corrected chi connectivity index (χ2v) is 7.87. The number of H-pyrrole nitrogens is 1. The third kappa shape index (κ3) is 4.05. The van der Waals surface area contributed by atoms with Crippen LogP contribution in [0.25, 0.3) is 11.2 Å². The molecule has 9 nitrogen and oxygen atoms in total. The number of carbonyl (C=O) groups excluding carboxylic acids is 1. The van der Waals surface area contributed by atoms with E-state index in [2.05, 4.69) is 27.0 Å². The van der Waals surface area contributed by atoms with Crippen LogP contribution in [0.1, 0.15) is 38.3 Å². The molecule has 0 spiro atoms. The van der Waals surface area contributed by atoms with E-state index >= 15 is 0 Å². The van der Waals surface area contributed by atoms with Gasteiger partial charge in [-0.05, 0) is 32.3 Å². The molecule has 3 aromatic rings. The number of nitrogens with zero attached hydrogens (tertiary/aromatic N) is 5. The fourth-order valence-corrected chi connectivity index (χ4v) is 4.32. The molecule has 164 valence electrons. The van der Waals surface area contributed by atoms with E-state index in [-0.39, 0.29) is 17.2 Å². The molecule has 1 amide bonds. The molecule has 1 N–H and O–H groups in total. The normalized spacial score (nSPS) is 15.4. The summed E-state index contributed by atoms with van der Waals surface area (Å²) in [5.41, 5.74) is 0.389. The first-order chi connectivity index (χ1) is 15.0. The summed E-state index contributed by atoms with van der Waals surface area (Å²) in [4.78, 5) is 48.5. The number of imidazole rings is 1. The predicted molar refractivity (Wildman–Crippen MR) is 118 cm³/mol. The van der Waals surface area contributed by atoms with E-state index in [1.54, 1.807) is 11.2 Å². The maximum atomic E-state index is 13.1. The molecule has 0 saturated carbocycles. The quantitative estimate of drug-likeness (QED) is 0.676. The fraction of sp³-hybridized carbons (Fsp3) is 0.455. The molecule has 0 atom stereocenters. The Bertz CT molecular complexity index is 1170. The van der Waals surface area contributed by atoms with Gasteiger partial charge in [0.15, 0.2) is 11.2 Å². The largest absolute Gasteiger partial charge is 0.338 e. The zero-order valence-electron chi connectivity index (χ0n) is 18.0. The van der Waals surface area contributed by atoms with Gasteiger partial charge in [-0.2, -0.15) is 4.57 Å². The number of carbonyl (C=O) groups is 1. The number of aromatic nitrogens is 4. The highest BCUT2D eigenvalue weighted by Gasteiger charge is 2.27. The van der Waals surface area contributed by atoms with Crippen LogP contribution in [0.3, 0.4) is 0 Å². The Balaban J connectivity index is 1.64. The monoisotopic (exact) mass is 424 g/mol. The van der Waals surface area contributed by atoms with Crippen molar-refractivity contribution in [2.75, 3.05) is 26.2 Å². The summed E-state index contributed by atoms with van der Waals surface area (Å²) in [6.07, 6.45) is 3.28. The molecule has 0 bridgehead atoms. The summed E-state index contributed by atoms with van der Waals surface area (Å²) in [7, 11) is 0. The van der Waals surface area contributed by atoms with Crippen LogP contribution in [0.15, 0.2) is 46.2 Å². The first-order valence-electron chi connectivity index (χ1n) is 10.8. The lowest BCUT2D eigenvalue weighted by atomic mass is 10.0. The number of amides is 1. The lowest BCUT2D eigenvalue weighted by Gasteiger charge is -2.33. The van der Waals surface area contributed by atoms with Gasteiger partial charge in [0, 0.05) is 38.8 Å². The molecule has 1 fully saturated rings. The topological polar surface area (TPSA) is 96.2 Å². The van der Waals surface area contributed by atoms with Crippen LogP contribution in [0.5, 0.6) is 0 Å². The van der Waals surface area contributed by atoms with E-state index in [0.717, 1.165) is 37.0 Å². The predicted octanol–water partition coefficient (Wildman–Crippen LogP) is 2.03. The molecular weight excluding hydrogens is 396 g/mol. The molecule has 2 aromatic heterocycles. The Kier molecular flexibility index (Phi) is 6.03. The highest BCUT2D eigenvalue weighted by molar-refractivity contribution is 5.86. The summed E-state index contributed by atoms with van der Waals surface area (Å²) >= 11 is 0. The van der Waals surface area contributed by atoms with Gasteiger partial charge in [0.2, 0.25) is 0 Å². The van der Waals surface area contributed by atoms with Crippen LogP contribution in [-0.4, -0.2) is 61.1 Å². The van der Waals surface area contributed by atoms with E-state index in [0.29, 0.717) is 13.1 Å². The van der Waals surface area contributed by atoms with Crippen molar-refractivity contribution < 1.29 is 4.79 Å². The molecule has 1 aromatic carbocycles. The van der Waals surface area contributed by atoms with E-state index in [1.165, 1.54) is 5.56 Å². The highest BCUT2D eigenvalue weighted by atomic mass is 16.2. The molecule has 1 aliphatic heterocycles. The first-order valence-corrected chi connectivity index (χ1v) is 10.8. The maximum absolute atomic E-state index is 13.1. The number of benzene rings is 1. The van der Waals surface area contributed by atoms with Gasteiger partial charge in [-0.1, -0.05) is 30.3 Å². The summed E-state index contributed by atoms with van der Waals surface area (Å²) < 4.78 is 2.90.